The van der Waals surface area contributed by atoms with Crippen molar-refractivity contribution in [3.05, 3.63) is 29.8 Å². The van der Waals surface area contributed by atoms with Crippen LogP contribution in [-0.4, -0.2) is 11.9 Å². The Bertz CT molecular complexity index is 434. The minimum atomic E-state index is 0.281. The first-order valence-corrected chi connectivity index (χ1v) is 6.68. The van der Waals surface area contributed by atoms with Crippen LogP contribution in [0.2, 0.25) is 0 Å². The fraction of sp³-hybridized carbons (Fsp3) is 0.533. The molecular formula is C15H19NO. The summed E-state index contributed by atoms with van der Waals surface area (Å²) in [5.41, 5.74) is 2.48. The van der Waals surface area contributed by atoms with Crippen molar-refractivity contribution in [1.29, 1.82) is 0 Å². The van der Waals surface area contributed by atoms with Crippen molar-refractivity contribution in [3.8, 4) is 0 Å². The van der Waals surface area contributed by atoms with E-state index >= 15 is 0 Å². The molecule has 0 radical (unpaired) electrons. The molecule has 90 valence electrons. The summed E-state index contributed by atoms with van der Waals surface area (Å²) in [6, 6.07) is 8.67. The number of nitrogens with zero attached hydrogens (tertiary/aromatic N) is 1. The van der Waals surface area contributed by atoms with E-state index in [0.29, 0.717) is 11.9 Å². The monoisotopic (exact) mass is 229 g/mol. The van der Waals surface area contributed by atoms with Crippen molar-refractivity contribution in [2.24, 2.45) is 5.92 Å². The van der Waals surface area contributed by atoms with E-state index in [-0.39, 0.29) is 5.92 Å². The summed E-state index contributed by atoms with van der Waals surface area (Å²) in [6.07, 6.45) is 5.63. The molecule has 0 N–H and O–H groups in total. The molecule has 0 aromatic heterocycles. The van der Waals surface area contributed by atoms with Crippen LogP contribution in [0.25, 0.3) is 0 Å². The molecule has 1 saturated carbocycles. The smallest absolute Gasteiger partial charge is 0.230 e. The Morgan fingerprint density at radius 3 is 2.71 bits per heavy atom. The Morgan fingerprint density at radius 2 is 1.94 bits per heavy atom. The second-order valence-electron chi connectivity index (χ2n) is 5.37. The molecule has 2 aliphatic rings. The van der Waals surface area contributed by atoms with Crippen molar-refractivity contribution < 1.29 is 4.79 Å². The van der Waals surface area contributed by atoms with E-state index in [0.717, 1.165) is 24.9 Å². The third-order valence-corrected chi connectivity index (χ3v) is 4.15. The highest BCUT2D eigenvalue weighted by Gasteiger charge is 2.35. The lowest BCUT2D eigenvalue weighted by Crippen LogP contribution is -2.39. The van der Waals surface area contributed by atoms with Crippen molar-refractivity contribution in [1.82, 2.24) is 0 Å². The van der Waals surface area contributed by atoms with Crippen LogP contribution in [0.3, 0.4) is 0 Å². The van der Waals surface area contributed by atoms with Gasteiger partial charge in [0, 0.05) is 17.6 Å². The van der Waals surface area contributed by atoms with E-state index in [9.17, 15) is 4.79 Å². The van der Waals surface area contributed by atoms with Crippen LogP contribution in [0.5, 0.6) is 0 Å². The minimum Gasteiger partial charge on any atom is -0.309 e. The number of carbonyl (C=O) groups excluding carboxylic acids is 1. The molecule has 1 aromatic rings. The van der Waals surface area contributed by atoms with Gasteiger partial charge < -0.3 is 4.90 Å². The molecule has 0 saturated heterocycles. The fourth-order valence-electron chi connectivity index (χ4n) is 3.27. The molecule has 17 heavy (non-hydrogen) atoms. The van der Waals surface area contributed by atoms with Gasteiger partial charge in [0.1, 0.15) is 0 Å². The Hall–Kier alpha value is -1.31. The van der Waals surface area contributed by atoms with Gasteiger partial charge in [-0.2, -0.15) is 0 Å². The average Bonchev–Trinajstić information content (AvgIpc) is 2.94. The van der Waals surface area contributed by atoms with Crippen LogP contribution in [0, 0.1) is 5.92 Å². The molecule has 0 spiro atoms. The first-order chi connectivity index (χ1) is 8.27. The standard InChI is InChI=1S/C15H19NO/c1-11-10-13-8-4-5-9-14(13)16(11)15(17)12-6-2-3-7-12/h4-5,8-9,11-12H,2-3,6-7,10H2,1H3. The summed E-state index contributed by atoms with van der Waals surface area (Å²) in [7, 11) is 0. The third-order valence-electron chi connectivity index (χ3n) is 4.15. The molecular weight excluding hydrogens is 210 g/mol. The van der Waals surface area contributed by atoms with E-state index in [2.05, 4.69) is 25.1 Å². The largest absolute Gasteiger partial charge is 0.309 e. The van der Waals surface area contributed by atoms with Crippen LogP contribution in [0.1, 0.15) is 38.2 Å². The molecule has 1 aliphatic carbocycles. The van der Waals surface area contributed by atoms with E-state index in [1.54, 1.807) is 0 Å². The molecule has 1 fully saturated rings. The van der Waals surface area contributed by atoms with E-state index in [4.69, 9.17) is 0 Å². The Balaban J connectivity index is 1.89. The van der Waals surface area contributed by atoms with Gasteiger partial charge in [-0.05, 0) is 37.8 Å². The average molecular weight is 229 g/mol. The van der Waals surface area contributed by atoms with Crippen LogP contribution >= 0.6 is 0 Å². The lowest BCUT2D eigenvalue weighted by atomic mass is 10.1. The van der Waals surface area contributed by atoms with Gasteiger partial charge in [0.25, 0.3) is 0 Å². The maximum Gasteiger partial charge on any atom is 0.230 e. The fourth-order valence-corrected chi connectivity index (χ4v) is 3.27. The van der Waals surface area contributed by atoms with Crippen molar-refractivity contribution in [2.45, 2.75) is 45.1 Å². The lowest BCUT2D eigenvalue weighted by Gasteiger charge is -2.25. The zero-order valence-electron chi connectivity index (χ0n) is 10.4. The number of fused-ring (bicyclic) bond motifs is 1. The van der Waals surface area contributed by atoms with E-state index in [1.807, 2.05) is 11.0 Å². The first-order valence-electron chi connectivity index (χ1n) is 6.68. The van der Waals surface area contributed by atoms with Gasteiger partial charge in [-0.15, -0.1) is 0 Å². The molecule has 0 bridgehead atoms. The predicted octanol–water partition coefficient (Wildman–Crippen LogP) is 3.15. The predicted molar refractivity (Wildman–Crippen MR) is 69.1 cm³/mol. The maximum absolute atomic E-state index is 12.5. The second kappa shape index (κ2) is 4.17. The quantitative estimate of drug-likeness (QED) is 0.724. The molecule has 3 rings (SSSR count). The molecule has 2 heteroatoms. The van der Waals surface area contributed by atoms with Crippen LogP contribution in [-0.2, 0) is 11.2 Å². The number of hydrogen-bond donors (Lipinski definition) is 0. The number of anilines is 1. The Morgan fingerprint density at radius 1 is 1.24 bits per heavy atom. The Kier molecular flexibility index (Phi) is 2.65. The zero-order valence-corrected chi connectivity index (χ0v) is 10.4. The van der Waals surface area contributed by atoms with Gasteiger partial charge in [-0.25, -0.2) is 0 Å². The number of carbonyl (C=O) groups is 1. The van der Waals surface area contributed by atoms with Crippen LogP contribution < -0.4 is 4.90 Å². The molecule has 1 aromatic carbocycles. The van der Waals surface area contributed by atoms with Gasteiger partial charge in [-0.3, -0.25) is 4.79 Å². The first kappa shape index (κ1) is 10.8. The third kappa shape index (κ3) is 1.76. The van der Waals surface area contributed by atoms with Crippen LogP contribution in [0.15, 0.2) is 24.3 Å². The summed E-state index contributed by atoms with van der Waals surface area (Å²) in [5, 5.41) is 0. The zero-order chi connectivity index (χ0) is 11.8. The van der Waals surface area contributed by atoms with E-state index in [1.165, 1.54) is 18.4 Å². The van der Waals surface area contributed by atoms with Crippen molar-refractivity contribution in [3.63, 3.8) is 0 Å². The van der Waals surface area contributed by atoms with Crippen LogP contribution in [0.4, 0.5) is 5.69 Å². The summed E-state index contributed by atoms with van der Waals surface area (Å²) < 4.78 is 0. The van der Waals surface area contributed by atoms with E-state index < -0.39 is 0 Å². The highest BCUT2D eigenvalue weighted by atomic mass is 16.2. The summed E-state index contributed by atoms with van der Waals surface area (Å²) >= 11 is 0. The normalized spacial score (nSPS) is 24.1. The molecule has 1 aliphatic heterocycles. The highest BCUT2D eigenvalue weighted by Crippen LogP contribution is 2.36. The van der Waals surface area contributed by atoms with Gasteiger partial charge in [0.2, 0.25) is 5.91 Å². The van der Waals surface area contributed by atoms with Gasteiger partial charge >= 0.3 is 0 Å². The number of hydrogen-bond acceptors (Lipinski definition) is 1. The molecule has 1 unspecified atom stereocenters. The Labute approximate surface area is 103 Å². The number of benzene rings is 1. The number of rotatable bonds is 1. The molecule has 2 nitrogen and oxygen atoms in total. The molecule has 1 heterocycles. The van der Waals surface area contributed by atoms with Gasteiger partial charge in [-0.1, -0.05) is 31.0 Å². The lowest BCUT2D eigenvalue weighted by molar-refractivity contribution is -0.122. The maximum atomic E-state index is 12.5. The number of para-hydroxylation sites is 1. The van der Waals surface area contributed by atoms with Gasteiger partial charge in [0.05, 0.1) is 0 Å². The minimum absolute atomic E-state index is 0.281. The SMILES string of the molecule is CC1Cc2ccccc2N1C(=O)C1CCCC1. The molecule has 1 atom stereocenters. The summed E-state index contributed by atoms with van der Waals surface area (Å²) in [6.45, 7) is 2.16. The topological polar surface area (TPSA) is 20.3 Å². The number of amides is 1. The van der Waals surface area contributed by atoms with Gasteiger partial charge in [0.15, 0.2) is 0 Å². The highest BCUT2D eigenvalue weighted by molar-refractivity contribution is 5.97. The summed E-state index contributed by atoms with van der Waals surface area (Å²) in [5.74, 6) is 0.642. The van der Waals surface area contributed by atoms with Crippen molar-refractivity contribution in [2.75, 3.05) is 4.90 Å². The summed E-state index contributed by atoms with van der Waals surface area (Å²) in [4.78, 5) is 14.6. The second-order valence-corrected chi connectivity index (χ2v) is 5.37. The van der Waals surface area contributed by atoms with Crippen molar-refractivity contribution >= 4 is 11.6 Å². The molecule has 1 amide bonds.